The van der Waals surface area contributed by atoms with E-state index in [1.165, 1.54) is 38.9 Å². The van der Waals surface area contributed by atoms with Gasteiger partial charge in [-0.2, -0.15) is 0 Å². The largest absolute Gasteiger partial charge is 0.456 e. The highest BCUT2D eigenvalue weighted by atomic mass is 16.3. The van der Waals surface area contributed by atoms with E-state index in [0.29, 0.717) is 5.92 Å². The maximum absolute atomic E-state index is 6.87. The van der Waals surface area contributed by atoms with Gasteiger partial charge in [0.25, 0.3) is 0 Å². The molecule has 0 amide bonds. The number of fused-ring (bicyclic) bond motifs is 5. The van der Waals surface area contributed by atoms with E-state index in [1.54, 1.807) is 0 Å². The summed E-state index contributed by atoms with van der Waals surface area (Å²) >= 11 is 0. The van der Waals surface area contributed by atoms with Crippen molar-refractivity contribution >= 4 is 77.6 Å². The first-order chi connectivity index (χ1) is 35.1. The number of rotatable bonds is 10. The van der Waals surface area contributed by atoms with Gasteiger partial charge in [0.1, 0.15) is 11.2 Å². The number of furan rings is 1. The third kappa shape index (κ3) is 8.37. The zero-order valence-corrected chi connectivity index (χ0v) is 41.5. The fraction of sp³-hybridized carbons (Fsp3) is 0.101. The van der Waals surface area contributed by atoms with Gasteiger partial charge in [0.15, 0.2) is 0 Å². The summed E-state index contributed by atoms with van der Waals surface area (Å²) in [4.78, 5) is 4.80. The molecule has 0 radical (unpaired) electrons. The minimum atomic E-state index is 0.0406. The summed E-state index contributed by atoms with van der Waals surface area (Å²) in [7, 11) is 0. The molecule has 1 aromatic heterocycles. The molecular formula is C69H56N2O. The molecule has 0 N–H and O–H groups in total. The van der Waals surface area contributed by atoms with Crippen LogP contribution in [0.15, 0.2) is 247 Å². The van der Waals surface area contributed by atoms with E-state index in [0.717, 1.165) is 83.2 Å². The maximum Gasteiger partial charge on any atom is 0.136 e. The van der Waals surface area contributed by atoms with Crippen molar-refractivity contribution in [3.05, 3.63) is 254 Å². The predicted molar refractivity (Wildman–Crippen MR) is 307 cm³/mol. The lowest BCUT2D eigenvalue weighted by atomic mass is 9.87. The second-order valence-corrected chi connectivity index (χ2v) is 20.4. The molecule has 11 aromatic carbocycles. The van der Waals surface area contributed by atoms with Gasteiger partial charge in [-0.3, -0.25) is 0 Å². The van der Waals surface area contributed by atoms with Gasteiger partial charge in [0.2, 0.25) is 0 Å². The molecule has 0 atom stereocenters. The fourth-order valence-corrected chi connectivity index (χ4v) is 10.4. The number of nitrogens with zero attached hydrogens (tertiary/aromatic N) is 2. The molecule has 0 saturated carbocycles. The number of para-hydroxylation sites is 2. The quantitative estimate of drug-likeness (QED) is 0.136. The Labute approximate surface area is 422 Å². The van der Waals surface area contributed by atoms with Gasteiger partial charge in [-0.1, -0.05) is 192 Å². The minimum Gasteiger partial charge on any atom is -0.456 e. The zero-order valence-electron chi connectivity index (χ0n) is 41.5. The molecule has 0 bridgehead atoms. The highest BCUT2D eigenvalue weighted by Crippen LogP contribution is 2.46. The van der Waals surface area contributed by atoms with Crippen molar-refractivity contribution in [2.45, 2.75) is 46.0 Å². The average molecular weight is 929 g/mol. The van der Waals surface area contributed by atoms with Crippen LogP contribution in [0.2, 0.25) is 0 Å². The molecule has 12 aromatic rings. The lowest BCUT2D eigenvalue weighted by Crippen LogP contribution is -2.13. The second kappa shape index (κ2) is 18.3. The van der Waals surface area contributed by atoms with E-state index in [2.05, 4.69) is 287 Å². The SMILES string of the molecule is CC(C)c1ccc(-c2ccccc2N(c2ccc(C(C)(C)C)cc2)c2ccc3cc4c(cc3c2)oc2cc3cc(N(c5cccc(-c6ccccc6)c5)c5ccccc5-c5ccccc5)ccc3cc24)cc1. The molecule has 72 heavy (non-hydrogen) atoms. The highest BCUT2D eigenvalue weighted by Gasteiger charge is 2.22. The molecule has 12 rings (SSSR count). The Morgan fingerprint density at radius 1 is 0.347 bits per heavy atom. The van der Waals surface area contributed by atoms with E-state index in [4.69, 9.17) is 4.42 Å². The minimum absolute atomic E-state index is 0.0406. The molecule has 0 spiro atoms. The summed E-state index contributed by atoms with van der Waals surface area (Å²) in [6.07, 6.45) is 0. The Morgan fingerprint density at radius 2 is 0.806 bits per heavy atom. The lowest BCUT2D eigenvalue weighted by Gasteiger charge is -2.29. The summed E-state index contributed by atoms with van der Waals surface area (Å²) in [6.45, 7) is 11.3. The van der Waals surface area contributed by atoms with Crippen LogP contribution in [0.25, 0.3) is 76.9 Å². The lowest BCUT2D eigenvalue weighted by molar-refractivity contribution is 0.590. The van der Waals surface area contributed by atoms with Crippen molar-refractivity contribution in [2.75, 3.05) is 9.80 Å². The number of anilines is 6. The van der Waals surface area contributed by atoms with Gasteiger partial charge in [-0.05, 0) is 151 Å². The number of benzene rings is 11. The van der Waals surface area contributed by atoms with Crippen molar-refractivity contribution in [1.29, 1.82) is 0 Å². The van der Waals surface area contributed by atoms with Gasteiger partial charge >= 0.3 is 0 Å². The highest BCUT2D eigenvalue weighted by molar-refractivity contribution is 6.14. The smallest absolute Gasteiger partial charge is 0.136 e. The molecule has 348 valence electrons. The molecule has 0 aliphatic carbocycles. The Kier molecular flexibility index (Phi) is 11.3. The van der Waals surface area contributed by atoms with Crippen LogP contribution in [-0.4, -0.2) is 0 Å². The van der Waals surface area contributed by atoms with Crippen molar-refractivity contribution < 1.29 is 4.42 Å². The van der Waals surface area contributed by atoms with Gasteiger partial charge in [-0.25, -0.2) is 0 Å². The number of hydrogen-bond acceptors (Lipinski definition) is 3. The first-order valence-electron chi connectivity index (χ1n) is 25.2. The molecule has 0 unspecified atom stereocenters. The van der Waals surface area contributed by atoms with Crippen LogP contribution in [0.3, 0.4) is 0 Å². The van der Waals surface area contributed by atoms with E-state index < -0.39 is 0 Å². The Balaban J connectivity index is 0.970. The van der Waals surface area contributed by atoms with E-state index in [-0.39, 0.29) is 5.41 Å². The van der Waals surface area contributed by atoms with E-state index >= 15 is 0 Å². The molecule has 0 aliphatic heterocycles. The van der Waals surface area contributed by atoms with Crippen LogP contribution in [0.4, 0.5) is 34.1 Å². The topological polar surface area (TPSA) is 19.6 Å². The Bertz CT molecular complexity index is 3920. The number of hydrogen-bond donors (Lipinski definition) is 0. The summed E-state index contributed by atoms with van der Waals surface area (Å²) in [6, 6.07) is 88.5. The zero-order chi connectivity index (χ0) is 48.9. The molecule has 1 heterocycles. The maximum atomic E-state index is 6.87. The third-order valence-electron chi connectivity index (χ3n) is 14.3. The standard InChI is InChI=1S/C69H56N2O/c1-46(2)47-27-29-50(30-28-47)62-24-13-14-25-65(62)70(57-37-33-56(34-38-57)69(3,4)5)59-35-31-52-42-63-64-43-53-32-36-60(41-55(53)45-68(64)72-67(63)44-54(52)40-59)71(58-22-16-21-51(39-58)48-17-8-6-9-18-48)66-26-15-12-23-61(66)49-19-10-7-11-20-49/h6-46H,1-5H3. The van der Waals surface area contributed by atoms with Crippen LogP contribution in [-0.2, 0) is 5.41 Å². The normalized spacial score (nSPS) is 11.8. The van der Waals surface area contributed by atoms with Gasteiger partial charge in [0, 0.05) is 44.6 Å². The van der Waals surface area contributed by atoms with Gasteiger partial charge in [-0.15, -0.1) is 0 Å². The van der Waals surface area contributed by atoms with Crippen LogP contribution in [0.5, 0.6) is 0 Å². The van der Waals surface area contributed by atoms with Crippen LogP contribution in [0, 0.1) is 0 Å². The summed E-state index contributed by atoms with van der Waals surface area (Å²) in [5.41, 5.74) is 18.0. The Hall–Kier alpha value is -8.66. The molecule has 0 fully saturated rings. The predicted octanol–water partition coefficient (Wildman–Crippen LogP) is 20.3. The van der Waals surface area contributed by atoms with Gasteiger partial charge in [0.05, 0.1) is 11.4 Å². The second-order valence-electron chi connectivity index (χ2n) is 20.4. The summed E-state index contributed by atoms with van der Waals surface area (Å²) in [5.74, 6) is 0.467. The Morgan fingerprint density at radius 3 is 1.35 bits per heavy atom. The molecular weight excluding hydrogens is 873 g/mol. The molecule has 0 saturated heterocycles. The van der Waals surface area contributed by atoms with Crippen molar-refractivity contribution in [3.8, 4) is 33.4 Å². The summed E-state index contributed by atoms with van der Waals surface area (Å²) < 4.78 is 6.87. The third-order valence-corrected chi connectivity index (χ3v) is 14.3. The first kappa shape index (κ1) is 44.5. The van der Waals surface area contributed by atoms with Crippen molar-refractivity contribution in [1.82, 2.24) is 0 Å². The van der Waals surface area contributed by atoms with E-state index in [1.807, 2.05) is 0 Å². The van der Waals surface area contributed by atoms with Crippen molar-refractivity contribution in [2.24, 2.45) is 0 Å². The molecule has 3 heteroatoms. The van der Waals surface area contributed by atoms with E-state index in [9.17, 15) is 0 Å². The van der Waals surface area contributed by atoms with Crippen LogP contribution < -0.4 is 9.80 Å². The van der Waals surface area contributed by atoms with Crippen LogP contribution in [0.1, 0.15) is 51.7 Å². The molecule has 0 aliphatic rings. The fourth-order valence-electron chi connectivity index (χ4n) is 10.4. The average Bonchev–Trinajstić information content (AvgIpc) is 3.76. The van der Waals surface area contributed by atoms with Crippen molar-refractivity contribution in [3.63, 3.8) is 0 Å². The monoisotopic (exact) mass is 928 g/mol. The van der Waals surface area contributed by atoms with Gasteiger partial charge < -0.3 is 14.2 Å². The molecule has 3 nitrogen and oxygen atoms in total. The first-order valence-corrected chi connectivity index (χ1v) is 25.2. The summed E-state index contributed by atoms with van der Waals surface area (Å²) in [5, 5.41) is 6.76. The van der Waals surface area contributed by atoms with Crippen LogP contribution >= 0.6 is 0 Å².